The summed E-state index contributed by atoms with van der Waals surface area (Å²) in [6.45, 7) is 0. The fourth-order valence-corrected chi connectivity index (χ4v) is 3.80. The SMILES string of the molecule is O=C1/C(=C\c2cccc(Br)c2)N=C(c2ccccc2Br)N1c1ccc(F)cc1. The number of benzene rings is 3. The van der Waals surface area contributed by atoms with Gasteiger partial charge in [0.1, 0.15) is 17.3 Å². The highest BCUT2D eigenvalue weighted by atomic mass is 79.9. The number of hydrogen-bond donors (Lipinski definition) is 0. The van der Waals surface area contributed by atoms with Crippen LogP contribution in [0.4, 0.5) is 10.1 Å². The molecule has 0 aromatic heterocycles. The van der Waals surface area contributed by atoms with Gasteiger partial charge in [0.2, 0.25) is 0 Å². The first-order valence-electron chi connectivity index (χ1n) is 8.44. The molecule has 3 aromatic rings. The van der Waals surface area contributed by atoms with Gasteiger partial charge in [-0.2, -0.15) is 0 Å². The average Bonchev–Trinajstić information content (AvgIpc) is 2.99. The van der Waals surface area contributed by atoms with Crippen molar-refractivity contribution in [3.63, 3.8) is 0 Å². The van der Waals surface area contributed by atoms with Crippen molar-refractivity contribution >= 4 is 55.4 Å². The van der Waals surface area contributed by atoms with Gasteiger partial charge >= 0.3 is 0 Å². The molecule has 0 N–H and O–H groups in total. The van der Waals surface area contributed by atoms with Gasteiger partial charge in [-0.1, -0.05) is 62.2 Å². The van der Waals surface area contributed by atoms with Crippen molar-refractivity contribution in [3.8, 4) is 0 Å². The summed E-state index contributed by atoms with van der Waals surface area (Å²) in [5, 5.41) is 0. The van der Waals surface area contributed by atoms with Crippen LogP contribution in [0.2, 0.25) is 0 Å². The molecule has 1 aliphatic rings. The van der Waals surface area contributed by atoms with Crippen molar-refractivity contribution in [2.24, 2.45) is 4.99 Å². The fourth-order valence-electron chi connectivity index (χ4n) is 2.92. The Hall–Kier alpha value is -2.57. The molecule has 3 aromatic carbocycles. The van der Waals surface area contributed by atoms with E-state index in [1.165, 1.54) is 17.0 Å². The van der Waals surface area contributed by atoms with Crippen LogP contribution in [0.15, 0.2) is 92.4 Å². The standard InChI is InChI=1S/C22H13Br2FN2O/c23-15-5-3-4-14(12-15)13-20-22(28)27(17-10-8-16(25)9-11-17)21(26-20)18-6-1-2-7-19(18)24/h1-13H/b20-13+. The van der Waals surface area contributed by atoms with Gasteiger partial charge in [-0.15, -0.1) is 0 Å². The maximum atomic E-state index is 13.4. The van der Waals surface area contributed by atoms with E-state index in [1.54, 1.807) is 18.2 Å². The van der Waals surface area contributed by atoms with Gasteiger partial charge in [-0.3, -0.25) is 9.69 Å². The quantitative estimate of drug-likeness (QED) is 0.396. The summed E-state index contributed by atoms with van der Waals surface area (Å²) in [5.74, 6) is -0.137. The molecule has 0 saturated heterocycles. The number of nitrogens with zero attached hydrogens (tertiary/aromatic N) is 2. The Kier molecular flexibility index (Phi) is 5.24. The summed E-state index contributed by atoms with van der Waals surface area (Å²) in [4.78, 5) is 19.3. The van der Waals surface area contributed by atoms with Crippen LogP contribution in [0.25, 0.3) is 6.08 Å². The largest absolute Gasteiger partial charge is 0.282 e. The van der Waals surface area contributed by atoms with Crippen LogP contribution < -0.4 is 4.90 Å². The number of anilines is 1. The number of aliphatic imine (C=N–C) groups is 1. The van der Waals surface area contributed by atoms with Crippen LogP contribution in [0, 0.1) is 5.82 Å². The Morgan fingerprint density at radius 2 is 1.68 bits per heavy atom. The van der Waals surface area contributed by atoms with Gasteiger partial charge in [0.05, 0.1) is 5.69 Å². The van der Waals surface area contributed by atoms with E-state index in [4.69, 9.17) is 0 Å². The normalized spacial score (nSPS) is 15.2. The molecule has 138 valence electrons. The van der Waals surface area contributed by atoms with Crippen molar-refractivity contribution in [2.75, 3.05) is 4.90 Å². The first-order chi connectivity index (χ1) is 13.5. The maximum Gasteiger partial charge on any atom is 0.282 e. The van der Waals surface area contributed by atoms with E-state index in [0.29, 0.717) is 17.2 Å². The Bertz CT molecular complexity index is 1120. The molecule has 0 aliphatic carbocycles. The zero-order valence-electron chi connectivity index (χ0n) is 14.4. The third-order valence-corrected chi connectivity index (χ3v) is 5.40. The second-order valence-electron chi connectivity index (χ2n) is 6.12. The Labute approximate surface area is 178 Å². The minimum Gasteiger partial charge on any atom is -0.266 e. The summed E-state index contributed by atoms with van der Waals surface area (Å²) in [5.41, 5.74) is 2.50. The van der Waals surface area contributed by atoms with Crippen molar-refractivity contribution in [1.29, 1.82) is 0 Å². The number of carbonyl (C=O) groups excluding carboxylic acids is 1. The third-order valence-electron chi connectivity index (χ3n) is 4.21. The highest BCUT2D eigenvalue weighted by Crippen LogP contribution is 2.30. The summed E-state index contributed by atoms with van der Waals surface area (Å²) in [6, 6.07) is 21.0. The predicted octanol–water partition coefficient (Wildman–Crippen LogP) is 6.19. The number of hydrogen-bond acceptors (Lipinski definition) is 2. The number of carbonyl (C=O) groups is 1. The third kappa shape index (κ3) is 3.70. The number of rotatable bonds is 3. The zero-order valence-corrected chi connectivity index (χ0v) is 17.6. The number of amidine groups is 1. The van der Waals surface area contributed by atoms with Gasteiger partial charge in [-0.05, 0) is 54.1 Å². The van der Waals surface area contributed by atoms with Crippen molar-refractivity contribution in [3.05, 3.63) is 104 Å². The molecule has 1 amide bonds. The van der Waals surface area contributed by atoms with Gasteiger partial charge in [0.15, 0.2) is 0 Å². The predicted molar refractivity (Wildman–Crippen MR) is 117 cm³/mol. The smallest absolute Gasteiger partial charge is 0.266 e. The van der Waals surface area contributed by atoms with Crippen LogP contribution in [0.3, 0.4) is 0 Å². The van der Waals surface area contributed by atoms with E-state index in [1.807, 2.05) is 48.5 Å². The molecule has 4 rings (SSSR count). The molecule has 0 spiro atoms. The van der Waals surface area contributed by atoms with Gasteiger partial charge < -0.3 is 0 Å². The lowest BCUT2D eigenvalue weighted by Crippen LogP contribution is -2.32. The monoisotopic (exact) mass is 498 g/mol. The molecule has 3 nitrogen and oxygen atoms in total. The average molecular weight is 500 g/mol. The highest BCUT2D eigenvalue weighted by molar-refractivity contribution is 9.10. The summed E-state index contributed by atoms with van der Waals surface area (Å²) in [6.07, 6.45) is 1.74. The van der Waals surface area contributed by atoms with Crippen molar-refractivity contribution in [1.82, 2.24) is 0 Å². The molecule has 28 heavy (non-hydrogen) atoms. The lowest BCUT2D eigenvalue weighted by Gasteiger charge is -2.19. The van der Waals surface area contributed by atoms with E-state index in [0.717, 1.165) is 20.1 Å². The summed E-state index contributed by atoms with van der Waals surface area (Å²) in [7, 11) is 0. The van der Waals surface area contributed by atoms with Gasteiger partial charge in [-0.25, -0.2) is 9.38 Å². The summed E-state index contributed by atoms with van der Waals surface area (Å²) >= 11 is 6.97. The van der Waals surface area contributed by atoms with E-state index < -0.39 is 0 Å². The molecule has 0 saturated carbocycles. The molecular weight excluding hydrogens is 487 g/mol. The molecule has 0 unspecified atom stereocenters. The second kappa shape index (κ2) is 7.81. The molecule has 6 heteroatoms. The second-order valence-corrected chi connectivity index (χ2v) is 7.89. The van der Waals surface area contributed by atoms with E-state index in [-0.39, 0.29) is 11.7 Å². The van der Waals surface area contributed by atoms with E-state index in [9.17, 15) is 9.18 Å². The summed E-state index contributed by atoms with van der Waals surface area (Å²) < 4.78 is 15.1. The Morgan fingerprint density at radius 3 is 2.39 bits per heavy atom. The van der Waals surface area contributed by atoms with Crippen molar-refractivity contribution in [2.45, 2.75) is 0 Å². The Morgan fingerprint density at radius 1 is 0.929 bits per heavy atom. The molecule has 0 atom stereocenters. The minimum atomic E-state index is -0.361. The number of halogens is 3. The first kappa shape index (κ1) is 18.8. The molecule has 0 bridgehead atoms. The highest BCUT2D eigenvalue weighted by Gasteiger charge is 2.33. The van der Waals surface area contributed by atoms with Crippen LogP contribution in [0.1, 0.15) is 11.1 Å². The fraction of sp³-hybridized carbons (Fsp3) is 0. The van der Waals surface area contributed by atoms with E-state index in [2.05, 4.69) is 36.9 Å². The van der Waals surface area contributed by atoms with Crippen molar-refractivity contribution < 1.29 is 9.18 Å². The van der Waals surface area contributed by atoms with Gasteiger partial charge in [0, 0.05) is 14.5 Å². The molecule has 0 fully saturated rings. The first-order valence-corrected chi connectivity index (χ1v) is 10.0. The van der Waals surface area contributed by atoms with E-state index >= 15 is 0 Å². The zero-order chi connectivity index (χ0) is 19.7. The van der Waals surface area contributed by atoms with Crippen LogP contribution >= 0.6 is 31.9 Å². The van der Waals surface area contributed by atoms with Gasteiger partial charge in [0.25, 0.3) is 5.91 Å². The molecule has 1 aliphatic heterocycles. The number of amides is 1. The maximum absolute atomic E-state index is 13.4. The Balaban J connectivity index is 1.85. The molecule has 0 radical (unpaired) electrons. The minimum absolute atomic E-state index is 0.266. The topological polar surface area (TPSA) is 32.7 Å². The lowest BCUT2D eigenvalue weighted by atomic mass is 10.1. The molecular formula is C22H13Br2FN2O. The lowest BCUT2D eigenvalue weighted by molar-refractivity contribution is -0.113. The van der Waals surface area contributed by atoms with Crippen LogP contribution in [-0.2, 0) is 4.79 Å². The molecule has 1 heterocycles. The van der Waals surface area contributed by atoms with Crippen LogP contribution in [-0.4, -0.2) is 11.7 Å². The van der Waals surface area contributed by atoms with Crippen LogP contribution in [0.5, 0.6) is 0 Å².